The van der Waals surface area contributed by atoms with Gasteiger partial charge in [-0.05, 0) is 32.2 Å². The van der Waals surface area contributed by atoms with E-state index in [-0.39, 0.29) is 5.91 Å². The van der Waals surface area contributed by atoms with E-state index < -0.39 is 0 Å². The van der Waals surface area contributed by atoms with E-state index in [0.29, 0.717) is 12.0 Å². The van der Waals surface area contributed by atoms with E-state index >= 15 is 0 Å². The molecule has 68 valence electrons. The first-order valence-electron chi connectivity index (χ1n) is 4.87. The number of nitrogens with one attached hydrogen (secondary N) is 2. The molecule has 1 amide bonds. The summed E-state index contributed by atoms with van der Waals surface area (Å²) in [4.78, 5) is 11.2. The number of amides is 1. The number of carbonyl (C=O) groups excluding carboxylic acids is 1. The van der Waals surface area contributed by atoms with Crippen molar-refractivity contribution in [3.8, 4) is 0 Å². The lowest BCUT2D eigenvalue weighted by Gasteiger charge is -2.13. The summed E-state index contributed by atoms with van der Waals surface area (Å²) in [6.07, 6.45) is 4.62. The monoisotopic (exact) mass is 168 g/mol. The van der Waals surface area contributed by atoms with Crippen LogP contribution in [0.15, 0.2) is 0 Å². The third-order valence-corrected chi connectivity index (χ3v) is 2.89. The molecule has 2 atom stereocenters. The molecule has 2 rings (SSSR count). The van der Waals surface area contributed by atoms with Gasteiger partial charge in [-0.3, -0.25) is 4.79 Å². The van der Waals surface area contributed by atoms with Gasteiger partial charge in [0.25, 0.3) is 0 Å². The number of hydrogen-bond donors (Lipinski definition) is 2. The Balaban J connectivity index is 1.81. The molecular weight excluding hydrogens is 152 g/mol. The molecule has 2 unspecified atom stereocenters. The molecule has 12 heavy (non-hydrogen) atoms. The van der Waals surface area contributed by atoms with Crippen LogP contribution in [-0.2, 0) is 4.79 Å². The Bertz CT molecular complexity index is 175. The minimum Gasteiger partial charge on any atom is -0.356 e. The summed E-state index contributed by atoms with van der Waals surface area (Å²) in [5.41, 5.74) is 0. The van der Waals surface area contributed by atoms with Crippen LogP contribution in [0.4, 0.5) is 0 Å². The van der Waals surface area contributed by atoms with Crippen molar-refractivity contribution in [3.05, 3.63) is 0 Å². The van der Waals surface area contributed by atoms with Gasteiger partial charge in [0.1, 0.15) is 0 Å². The summed E-state index contributed by atoms with van der Waals surface area (Å²) in [6, 6.07) is 0.610. The zero-order valence-electron chi connectivity index (χ0n) is 7.31. The molecule has 0 aromatic carbocycles. The maximum absolute atomic E-state index is 11.2. The molecule has 3 nitrogen and oxygen atoms in total. The Kier molecular flexibility index (Phi) is 2.30. The predicted molar refractivity (Wildman–Crippen MR) is 46.8 cm³/mol. The van der Waals surface area contributed by atoms with Gasteiger partial charge in [-0.1, -0.05) is 0 Å². The van der Waals surface area contributed by atoms with Crippen molar-refractivity contribution in [2.24, 2.45) is 5.92 Å². The lowest BCUT2D eigenvalue weighted by atomic mass is 9.98. The highest BCUT2D eigenvalue weighted by molar-refractivity contribution is 5.80. The molecule has 0 aromatic rings. The molecule has 2 heterocycles. The van der Waals surface area contributed by atoms with Crippen molar-refractivity contribution in [1.29, 1.82) is 0 Å². The Hall–Kier alpha value is -0.570. The summed E-state index contributed by atoms with van der Waals surface area (Å²) < 4.78 is 0. The number of rotatable bonds is 2. The average Bonchev–Trinajstić information content (AvgIpc) is 2.65. The van der Waals surface area contributed by atoms with Crippen molar-refractivity contribution in [1.82, 2.24) is 10.6 Å². The number of carbonyl (C=O) groups is 1. The quantitative estimate of drug-likeness (QED) is 0.621. The van der Waals surface area contributed by atoms with Gasteiger partial charge in [0, 0.05) is 18.5 Å². The largest absolute Gasteiger partial charge is 0.356 e. The minimum absolute atomic E-state index is 0.267. The molecule has 3 heteroatoms. The van der Waals surface area contributed by atoms with Gasteiger partial charge >= 0.3 is 0 Å². The zero-order chi connectivity index (χ0) is 8.39. The average molecular weight is 168 g/mol. The third-order valence-electron chi connectivity index (χ3n) is 2.89. The van der Waals surface area contributed by atoms with E-state index in [0.717, 1.165) is 25.9 Å². The standard InChI is InChI=1S/C9H16N2O/c12-9-7(3-5-11-9)6-8-2-1-4-10-8/h7-8,10H,1-6H2,(H,11,12). The molecule has 2 fully saturated rings. The summed E-state index contributed by atoms with van der Waals surface area (Å²) in [5, 5.41) is 6.30. The first-order valence-corrected chi connectivity index (χ1v) is 4.87. The van der Waals surface area contributed by atoms with Crippen LogP contribution in [-0.4, -0.2) is 25.0 Å². The van der Waals surface area contributed by atoms with Crippen molar-refractivity contribution in [3.63, 3.8) is 0 Å². The summed E-state index contributed by atoms with van der Waals surface area (Å²) in [6.45, 7) is 2.02. The van der Waals surface area contributed by atoms with Crippen LogP contribution >= 0.6 is 0 Å². The van der Waals surface area contributed by atoms with Crippen LogP contribution in [0.1, 0.15) is 25.7 Å². The topological polar surface area (TPSA) is 41.1 Å². The molecule has 0 aromatic heterocycles. The summed E-state index contributed by atoms with van der Waals surface area (Å²) >= 11 is 0. The first kappa shape index (κ1) is 8.05. The maximum atomic E-state index is 11.2. The van der Waals surface area contributed by atoms with E-state index in [1.807, 2.05) is 0 Å². The Morgan fingerprint density at radius 2 is 2.25 bits per heavy atom. The smallest absolute Gasteiger partial charge is 0.223 e. The van der Waals surface area contributed by atoms with Gasteiger partial charge in [-0.25, -0.2) is 0 Å². The lowest BCUT2D eigenvalue weighted by molar-refractivity contribution is -0.122. The predicted octanol–water partition coefficient (Wildman–Crippen LogP) is 0.265. The summed E-state index contributed by atoms with van der Waals surface area (Å²) in [7, 11) is 0. The maximum Gasteiger partial charge on any atom is 0.223 e. The fraction of sp³-hybridized carbons (Fsp3) is 0.889. The SMILES string of the molecule is O=C1NCCC1CC1CCCN1. The van der Waals surface area contributed by atoms with Gasteiger partial charge in [-0.2, -0.15) is 0 Å². The molecule has 0 radical (unpaired) electrons. The van der Waals surface area contributed by atoms with Crippen molar-refractivity contribution >= 4 is 5.91 Å². The summed E-state index contributed by atoms with van der Waals surface area (Å²) in [5.74, 6) is 0.560. The molecule has 2 aliphatic heterocycles. The van der Waals surface area contributed by atoms with E-state index in [4.69, 9.17) is 0 Å². The fourth-order valence-corrected chi connectivity index (χ4v) is 2.17. The van der Waals surface area contributed by atoms with Crippen LogP contribution < -0.4 is 10.6 Å². The molecule has 2 aliphatic rings. The minimum atomic E-state index is 0.267. The first-order chi connectivity index (χ1) is 5.86. The Morgan fingerprint density at radius 1 is 1.33 bits per heavy atom. The zero-order valence-corrected chi connectivity index (χ0v) is 7.31. The van der Waals surface area contributed by atoms with Gasteiger partial charge in [0.05, 0.1) is 0 Å². The fourth-order valence-electron chi connectivity index (χ4n) is 2.17. The van der Waals surface area contributed by atoms with Gasteiger partial charge in [0.2, 0.25) is 5.91 Å². The Labute approximate surface area is 72.9 Å². The van der Waals surface area contributed by atoms with Crippen LogP contribution in [0, 0.1) is 5.92 Å². The van der Waals surface area contributed by atoms with E-state index in [9.17, 15) is 4.79 Å². The van der Waals surface area contributed by atoms with Crippen molar-refractivity contribution in [2.75, 3.05) is 13.1 Å². The highest BCUT2D eigenvalue weighted by atomic mass is 16.2. The number of hydrogen-bond acceptors (Lipinski definition) is 2. The van der Waals surface area contributed by atoms with Crippen LogP contribution in [0.3, 0.4) is 0 Å². The van der Waals surface area contributed by atoms with Gasteiger partial charge < -0.3 is 10.6 Å². The highest BCUT2D eigenvalue weighted by Gasteiger charge is 2.27. The third kappa shape index (κ3) is 1.61. The van der Waals surface area contributed by atoms with Crippen LogP contribution in [0.2, 0.25) is 0 Å². The Morgan fingerprint density at radius 3 is 2.83 bits per heavy atom. The molecule has 0 aliphatic carbocycles. The molecule has 0 bridgehead atoms. The molecule has 2 saturated heterocycles. The second-order valence-electron chi connectivity index (χ2n) is 3.81. The highest BCUT2D eigenvalue weighted by Crippen LogP contribution is 2.20. The van der Waals surface area contributed by atoms with Crippen molar-refractivity contribution < 1.29 is 4.79 Å². The van der Waals surface area contributed by atoms with Crippen molar-refractivity contribution in [2.45, 2.75) is 31.7 Å². The van der Waals surface area contributed by atoms with Gasteiger partial charge in [-0.15, -0.1) is 0 Å². The second-order valence-corrected chi connectivity index (χ2v) is 3.81. The van der Waals surface area contributed by atoms with E-state index in [2.05, 4.69) is 10.6 Å². The molecular formula is C9H16N2O. The molecule has 2 N–H and O–H groups in total. The van der Waals surface area contributed by atoms with Crippen LogP contribution in [0.25, 0.3) is 0 Å². The molecule has 0 spiro atoms. The van der Waals surface area contributed by atoms with E-state index in [1.54, 1.807) is 0 Å². The second kappa shape index (κ2) is 3.44. The molecule has 0 saturated carbocycles. The van der Waals surface area contributed by atoms with Gasteiger partial charge in [0.15, 0.2) is 0 Å². The lowest BCUT2D eigenvalue weighted by Crippen LogP contribution is -2.28. The van der Waals surface area contributed by atoms with E-state index in [1.165, 1.54) is 12.8 Å². The normalized spacial score (nSPS) is 35.5. The van der Waals surface area contributed by atoms with Crippen LogP contribution in [0.5, 0.6) is 0 Å².